The van der Waals surface area contributed by atoms with Crippen molar-refractivity contribution in [3.05, 3.63) is 65.2 Å². The molecule has 2 aromatic rings. The van der Waals surface area contributed by atoms with Gasteiger partial charge in [0.1, 0.15) is 0 Å². The summed E-state index contributed by atoms with van der Waals surface area (Å²) in [5.41, 5.74) is 2.20. The number of rotatable bonds is 4. The lowest BCUT2D eigenvalue weighted by atomic mass is 9.72. The number of methoxy groups -OCH3 is 1. The van der Waals surface area contributed by atoms with Crippen molar-refractivity contribution in [1.29, 1.82) is 0 Å². The molecule has 0 radical (unpaired) electrons. The van der Waals surface area contributed by atoms with E-state index in [0.717, 1.165) is 11.1 Å². The van der Waals surface area contributed by atoms with E-state index >= 15 is 0 Å². The molecule has 0 aromatic heterocycles. The van der Waals surface area contributed by atoms with Crippen LogP contribution in [-0.4, -0.2) is 57.7 Å². The molecule has 4 rings (SSSR count). The van der Waals surface area contributed by atoms with Gasteiger partial charge in [-0.05, 0) is 55.5 Å². The summed E-state index contributed by atoms with van der Waals surface area (Å²) in [6, 6.07) is 14.6. The summed E-state index contributed by atoms with van der Waals surface area (Å²) in [5, 5.41) is 0. The van der Waals surface area contributed by atoms with E-state index in [-0.39, 0.29) is 17.9 Å². The van der Waals surface area contributed by atoms with E-state index in [1.807, 2.05) is 37.3 Å². The molecule has 2 aliphatic rings. The van der Waals surface area contributed by atoms with Gasteiger partial charge in [0.15, 0.2) is 0 Å². The van der Waals surface area contributed by atoms with E-state index in [4.69, 9.17) is 4.74 Å². The number of ether oxygens (including phenoxy) is 1. The number of hydrogen-bond donors (Lipinski definition) is 0. The molecule has 0 aliphatic carbocycles. The number of anilines is 1. The zero-order valence-corrected chi connectivity index (χ0v) is 19.4. The van der Waals surface area contributed by atoms with Crippen LogP contribution in [0.25, 0.3) is 0 Å². The van der Waals surface area contributed by atoms with Crippen LogP contribution in [0.15, 0.2) is 48.5 Å². The zero-order valence-electron chi connectivity index (χ0n) is 18.6. The van der Waals surface area contributed by atoms with Crippen LogP contribution in [-0.2, 0) is 31.4 Å². The maximum absolute atomic E-state index is 13.2. The lowest BCUT2D eigenvalue weighted by Gasteiger charge is -2.40. The molecule has 1 saturated heterocycles. The van der Waals surface area contributed by atoms with E-state index in [2.05, 4.69) is 0 Å². The van der Waals surface area contributed by atoms with E-state index in [1.54, 1.807) is 23.1 Å². The predicted molar refractivity (Wildman–Crippen MR) is 122 cm³/mol. The van der Waals surface area contributed by atoms with Gasteiger partial charge in [0.25, 0.3) is 5.91 Å². The maximum Gasteiger partial charge on any atom is 0.316 e. The second-order valence-electron chi connectivity index (χ2n) is 8.69. The van der Waals surface area contributed by atoms with Gasteiger partial charge < -0.3 is 9.64 Å². The highest BCUT2D eigenvalue weighted by atomic mass is 32.2. The van der Waals surface area contributed by atoms with Gasteiger partial charge in [-0.15, -0.1) is 0 Å². The second-order valence-corrected chi connectivity index (χ2v) is 10.5. The van der Waals surface area contributed by atoms with Crippen LogP contribution in [0.4, 0.5) is 5.69 Å². The van der Waals surface area contributed by atoms with Crippen molar-refractivity contribution >= 4 is 27.6 Å². The summed E-state index contributed by atoms with van der Waals surface area (Å²) in [6.45, 7) is 2.74. The van der Waals surface area contributed by atoms with Gasteiger partial charge in [-0.25, -0.2) is 8.42 Å². The monoisotopic (exact) mass is 456 g/mol. The van der Waals surface area contributed by atoms with Crippen molar-refractivity contribution in [1.82, 2.24) is 4.90 Å². The number of piperidine rings is 1. The number of benzene rings is 2. The molecule has 0 saturated carbocycles. The predicted octanol–water partition coefficient (Wildman–Crippen LogP) is 2.74. The van der Waals surface area contributed by atoms with E-state index < -0.39 is 15.4 Å². The van der Waals surface area contributed by atoms with Crippen LogP contribution in [0.3, 0.4) is 0 Å². The molecule has 32 heavy (non-hydrogen) atoms. The first-order valence-electron chi connectivity index (χ1n) is 10.7. The number of sulfonamides is 1. The average Bonchev–Trinajstić information content (AvgIpc) is 3.14. The summed E-state index contributed by atoms with van der Waals surface area (Å²) in [5.74, 6) is -0.382. The highest BCUT2D eigenvalue weighted by Crippen LogP contribution is 2.38. The molecule has 170 valence electrons. The molecule has 2 aromatic carbocycles. The summed E-state index contributed by atoms with van der Waals surface area (Å²) < 4.78 is 30.8. The minimum Gasteiger partial charge on any atom is -0.468 e. The largest absolute Gasteiger partial charge is 0.468 e. The van der Waals surface area contributed by atoms with Crippen molar-refractivity contribution in [2.24, 2.45) is 0 Å². The Hall–Kier alpha value is -2.87. The number of hydrogen-bond acceptors (Lipinski definition) is 5. The summed E-state index contributed by atoms with van der Waals surface area (Å²) in [4.78, 5) is 27.7. The van der Waals surface area contributed by atoms with Gasteiger partial charge in [0.2, 0.25) is 10.0 Å². The Labute approximate surface area is 189 Å². The highest BCUT2D eigenvalue weighted by molar-refractivity contribution is 7.92. The van der Waals surface area contributed by atoms with Crippen molar-refractivity contribution < 1.29 is 22.7 Å². The molecule has 1 atom stereocenters. The first kappa shape index (κ1) is 22.3. The Morgan fingerprint density at radius 2 is 1.72 bits per heavy atom. The quantitative estimate of drug-likeness (QED) is 0.661. The Balaban J connectivity index is 1.54. The van der Waals surface area contributed by atoms with Crippen molar-refractivity contribution in [2.45, 2.75) is 37.6 Å². The molecule has 0 N–H and O–H groups in total. The van der Waals surface area contributed by atoms with Crippen LogP contribution in [0.1, 0.15) is 41.3 Å². The standard InChI is InChI=1S/C24H28N2O5S/c1-17-15-19-16-18(9-10-21(19)26(17)32(3,29)30)22(27)25-13-11-24(12-14-25,23(28)31-2)20-7-5-4-6-8-20/h4-10,16-17H,11-15H2,1-3H3. The number of carbonyl (C=O) groups is 2. The third-order valence-corrected chi connectivity index (χ3v) is 7.91. The van der Waals surface area contributed by atoms with Gasteiger partial charge >= 0.3 is 5.97 Å². The van der Waals surface area contributed by atoms with Crippen LogP contribution in [0.5, 0.6) is 0 Å². The summed E-state index contributed by atoms with van der Waals surface area (Å²) >= 11 is 0. The molecule has 7 nitrogen and oxygen atoms in total. The molecule has 2 aliphatic heterocycles. The number of amides is 1. The van der Waals surface area contributed by atoms with Gasteiger partial charge in [0.05, 0.1) is 24.5 Å². The lowest BCUT2D eigenvalue weighted by Crippen LogP contribution is -2.49. The normalized spacial score (nSPS) is 20.0. The van der Waals surface area contributed by atoms with Gasteiger partial charge in [0, 0.05) is 24.7 Å². The van der Waals surface area contributed by atoms with E-state index in [0.29, 0.717) is 43.6 Å². The number of likely N-dealkylation sites (tertiary alicyclic amines) is 1. The SMILES string of the molecule is COC(=O)C1(c2ccccc2)CCN(C(=O)c2ccc3c(c2)CC(C)N3S(C)(=O)=O)CC1. The van der Waals surface area contributed by atoms with Gasteiger partial charge in [-0.2, -0.15) is 0 Å². The molecular formula is C24H28N2O5S. The minimum atomic E-state index is -3.37. The van der Waals surface area contributed by atoms with Crippen LogP contribution in [0, 0.1) is 0 Å². The molecule has 1 fully saturated rings. The first-order chi connectivity index (χ1) is 15.2. The van der Waals surface area contributed by atoms with Crippen molar-refractivity contribution in [3.8, 4) is 0 Å². The second kappa shape index (κ2) is 8.24. The molecule has 0 bridgehead atoms. The molecular weight excluding hydrogens is 428 g/mol. The third kappa shape index (κ3) is 3.77. The molecule has 8 heteroatoms. The highest BCUT2D eigenvalue weighted by Gasteiger charge is 2.45. The first-order valence-corrected chi connectivity index (χ1v) is 12.6. The van der Waals surface area contributed by atoms with Crippen LogP contribution in [0.2, 0.25) is 0 Å². The van der Waals surface area contributed by atoms with Crippen LogP contribution >= 0.6 is 0 Å². The molecule has 1 amide bonds. The lowest BCUT2D eigenvalue weighted by molar-refractivity contribution is -0.149. The Morgan fingerprint density at radius 1 is 1.06 bits per heavy atom. The number of nitrogens with zero attached hydrogens (tertiary/aromatic N) is 2. The zero-order chi connectivity index (χ0) is 23.1. The van der Waals surface area contributed by atoms with Crippen molar-refractivity contribution in [3.63, 3.8) is 0 Å². The topological polar surface area (TPSA) is 84.0 Å². The number of esters is 1. The average molecular weight is 457 g/mol. The third-order valence-electron chi connectivity index (χ3n) is 6.64. The fraction of sp³-hybridized carbons (Fsp3) is 0.417. The fourth-order valence-corrected chi connectivity index (χ4v) is 6.34. The molecule has 1 unspecified atom stereocenters. The molecule has 2 heterocycles. The van der Waals surface area contributed by atoms with Crippen LogP contribution < -0.4 is 4.31 Å². The summed E-state index contributed by atoms with van der Waals surface area (Å²) in [7, 11) is -1.98. The minimum absolute atomic E-state index is 0.107. The van der Waals surface area contributed by atoms with Crippen molar-refractivity contribution in [2.75, 3.05) is 30.8 Å². The fourth-order valence-electron chi connectivity index (χ4n) is 5.08. The van der Waals surface area contributed by atoms with Gasteiger partial charge in [-0.1, -0.05) is 30.3 Å². The summed E-state index contributed by atoms with van der Waals surface area (Å²) in [6.07, 6.45) is 2.74. The number of fused-ring (bicyclic) bond motifs is 1. The van der Waals surface area contributed by atoms with E-state index in [9.17, 15) is 18.0 Å². The van der Waals surface area contributed by atoms with E-state index in [1.165, 1.54) is 17.7 Å². The maximum atomic E-state index is 13.2. The Bertz CT molecular complexity index is 1140. The Morgan fingerprint density at radius 3 is 2.31 bits per heavy atom. The molecule has 0 spiro atoms. The Kier molecular flexibility index (Phi) is 5.75. The number of carbonyl (C=O) groups excluding carboxylic acids is 2. The van der Waals surface area contributed by atoms with Gasteiger partial charge in [-0.3, -0.25) is 13.9 Å². The smallest absolute Gasteiger partial charge is 0.316 e.